The predicted molar refractivity (Wildman–Crippen MR) is 91.0 cm³/mol. The summed E-state index contributed by atoms with van der Waals surface area (Å²) in [6.07, 6.45) is 0.208. The largest absolute Gasteiger partial charge is 0.486 e. The molecule has 0 aliphatic carbocycles. The van der Waals surface area contributed by atoms with E-state index in [1.165, 1.54) is 52.9 Å². The second-order valence-corrected chi connectivity index (χ2v) is 6.11. The molecule has 0 spiro atoms. The van der Waals surface area contributed by atoms with Gasteiger partial charge in [0.05, 0.1) is 12.5 Å². The fourth-order valence-electron chi connectivity index (χ4n) is 1.80. The number of hydrogen-bond donors (Lipinski definition) is 0. The zero-order valence-electron chi connectivity index (χ0n) is 14.0. The molecule has 1 heterocycles. The molecule has 9 heteroatoms. The number of likely N-dealkylation sites (N-methyl/N-ethyl adjacent to an activating group) is 1. The highest BCUT2D eigenvalue weighted by molar-refractivity contribution is 7.09. The van der Waals surface area contributed by atoms with Gasteiger partial charge in [-0.15, -0.1) is 11.3 Å². The van der Waals surface area contributed by atoms with Gasteiger partial charge in [0.25, 0.3) is 5.91 Å². The van der Waals surface area contributed by atoms with Gasteiger partial charge in [0, 0.05) is 19.0 Å². The molecule has 0 fully saturated rings. The van der Waals surface area contributed by atoms with Gasteiger partial charge in [-0.1, -0.05) is 0 Å². The Hall–Kier alpha value is -2.99. The van der Waals surface area contributed by atoms with Gasteiger partial charge in [-0.3, -0.25) is 4.79 Å². The minimum Gasteiger partial charge on any atom is -0.486 e. The maximum atomic E-state index is 12.8. The zero-order chi connectivity index (χ0) is 18.9. The molecule has 0 aliphatic rings. The Morgan fingerprint density at radius 1 is 1.35 bits per heavy atom. The maximum absolute atomic E-state index is 12.8. The molecule has 1 aromatic heterocycles. The van der Waals surface area contributed by atoms with Gasteiger partial charge in [0.15, 0.2) is 12.3 Å². The number of esters is 1. The molecule has 0 atom stereocenters. The van der Waals surface area contributed by atoms with E-state index in [0.29, 0.717) is 10.8 Å². The number of halogens is 1. The highest BCUT2D eigenvalue weighted by Gasteiger charge is 2.16. The molecule has 0 aliphatic heterocycles. The molecule has 0 radical (unpaired) electrons. The monoisotopic (exact) mass is 377 g/mol. The van der Waals surface area contributed by atoms with E-state index in [1.54, 1.807) is 0 Å². The molecule has 1 amide bonds. The van der Waals surface area contributed by atoms with E-state index in [1.807, 2.05) is 6.07 Å². The van der Waals surface area contributed by atoms with Crippen molar-refractivity contribution in [2.75, 3.05) is 20.2 Å². The van der Waals surface area contributed by atoms with E-state index >= 15 is 0 Å². The highest BCUT2D eigenvalue weighted by Crippen LogP contribution is 2.16. The Morgan fingerprint density at radius 2 is 2.08 bits per heavy atom. The normalized spacial score (nSPS) is 10.0. The van der Waals surface area contributed by atoms with Crippen molar-refractivity contribution in [3.63, 3.8) is 0 Å². The topological polar surface area (TPSA) is 92.5 Å². The van der Waals surface area contributed by atoms with Crippen molar-refractivity contribution in [3.05, 3.63) is 46.2 Å². The molecule has 136 valence electrons. The molecule has 0 N–H and O–H groups in total. The summed E-state index contributed by atoms with van der Waals surface area (Å²) in [5.74, 6) is -0.985. The number of benzene rings is 1. The molecule has 0 saturated carbocycles. The summed E-state index contributed by atoms with van der Waals surface area (Å²) in [7, 11) is 1.53. The quantitative estimate of drug-likeness (QED) is 0.656. The van der Waals surface area contributed by atoms with E-state index in [9.17, 15) is 14.0 Å². The average molecular weight is 377 g/mol. The standard InChI is InChI=1S/C17H16FN3O4S/c1-21(8-2-7-19)16(22)10-25-17(23)14-11-26-15(20-14)9-24-13-5-3-12(18)4-6-13/h3-6,11H,2,8-10H2,1H3. The molecule has 7 nitrogen and oxygen atoms in total. The van der Waals surface area contributed by atoms with Crippen LogP contribution in [0.5, 0.6) is 5.75 Å². The van der Waals surface area contributed by atoms with Crippen LogP contribution < -0.4 is 4.74 Å². The van der Waals surface area contributed by atoms with Crippen molar-refractivity contribution in [3.8, 4) is 11.8 Å². The van der Waals surface area contributed by atoms with Crippen molar-refractivity contribution in [1.82, 2.24) is 9.88 Å². The Morgan fingerprint density at radius 3 is 2.77 bits per heavy atom. The van der Waals surface area contributed by atoms with Gasteiger partial charge >= 0.3 is 5.97 Å². The number of amides is 1. The first-order chi connectivity index (χ1) is 12.5. The maximum Gasteiger partial charge on any atom is 0.358 e. The second kappa shape index (κ2) is 9.48. The third-order valence-electron chi connectivity index (χ3n) is 3.25. The van der Waals surface area contributed by atoms with Crippen molar-refractivity contribution < 1.29 is 23.5 Å². The third kappa shape index (κ3) is 5.82. The predicted octanol–water partition coefficient (Wildman–Crippen LogP) is 2.39. The van der Waals surface area contributed by atoms with Crippen LogP contribution in [-0.2, 0) is 16.1 Å². The molecule has 2 rings (SSSR count). The van der Waals surface area contributed by atoms with Gasteiger partial charge in [0.2, 0.25) is 0 Å². The van der Waals surface area contributed by atoms with Crippen LogP contribution in [0.25, 0.3) is 0 Å². The van der Waals surface area contributed by atoms with Crippen LogP contribution in [0, 0.1) is 17.1 Å². The van der Waals surface area contributed by atoms with E-state index < -0.39 is 18.5 Å². The number of carbonyl (C=O) groups is 2. The average Bonchev–Trinajstić information content (AvgIpc) is 3.12. The molecule has 26 heavy (non-hydrogen) atoms. The number of ether oxygens (including phenoxy) is 2. The van der Waals surface area contributed by atoms with E-state index in [0.717, 1.165) is 0 Å². The third-order valence-corrected chi connectivity index (χ3v) is 4.07. The summed E-state index contributed by atoms with van der Waals surface area (Å²) in [5.41, 5.74) is 0.0835. The van der Waals surface area contributed by atoms with Gasteiger partial charge in [0.1, 0.15) is 23.2 Å². The molecular weight excluding hydrogens is 361 g/mol. The lowest BCUT2D eigenvalue weighted by Gasteiger charge is -2.14. The number of carbonyl (C=O) groups excluding carboxylic acids is 2. The van der Waals surface area contributed by atoms with Gasteiger partial charge in [-0.25, -0.2) is 14.2 Å². The number of hydrogen-bond acceptors (Lipinski definition) is 7. The van der Waals surface area contributed by atoms with Gasteiger partial charge < -0.3 is 14.4 Å². The molecule has 1 aromatic carbocycles. The van der Waals surface area contributed by atoms with E-state index in [2.05, 4.69) is 4.98 Å². The first-order valence-electron chi connectivity index (χ1n) is 7.60. The van der Waals surface area contributed by atoms with Crippen LogP contribution in [0.15, 0.2) is 29.6 Å². The number of rotatable bonds is 8. The minimum atomic E-state index is -0.712. The summed E-state index contributed by atoms with van der Waals surface area (Å²) in [5, 5.41) is 10.5. The number of thiazole rings is 1. The lowest BCUT2D eigenvalue weighted by atomic mass is 10.3. The van der Waals surface area contributed by atoms with Crippen molar-refractivity contribution >= 4 is 23.2 Å². The Bertz CT molecular complexity index is 801. The smallest absolute Gasteiger partial charge is 0.358 e. The Balaban J connectivity index is 1.80. The highest BCUT2D eigenvalue weighted by atomic mass is 32.1. The van der Waals surface area contributed by atoms with Crippen LogP contribution in [0.2, 0.25) is 0 Å². The lowest BCUT2D eigenvalue weighted by Crippen LogP contribution is -2.32. The van der Waals surface area contributed by atoms with Crippen molar-refractivity contribution in [2.45, 2.75) is 13.0 Å². The molecule has 2 aromatic rings. The number of nitriles is 1. The number of nitrogens with zero attached hydrogens (tertiary/aromatic N) is 3. The number of aromatic nitrogens is 1. The Kier molecular flexibility index (Phi) is 7.05. The van der Waals surface area contributed by atoms with Crippen LogP contribution in [0.1, 0.15) is 21.9 Å². The fourth-order valence-corrected chi connectivity index (χ4v) is 2.48. The second-order valence-electron chi connectivity index (χ2n) is 5.17. The Labute approximate surface area is 153 Å². The van der Waals surface area contributed by atoms with Crippen LogP contribution in [-0.4, -0.2) is 42.0 Å². The minimum absolute atomic E-state index is 0.0835. The molecule has 0 unspecified atom stereocenters. The van der Waals surface area contributed by atoms with Gasteiger partial charge in [-0.05, 0) is 24.3 Å². The molecule has 0 bridgehead atoms. The molecular formula is C17H16FN3O4S. The van der Waals surface area contributed by atoms with Crippen LogP contribution in [0.3, 0.4) is 0 Å². The summed E-state index contributed by atoms with van der Waals surface area (Å²) < 4.78 is 23.2. The SMILES string of the molecule is CN(CCC#N)C(=O)COC(=O)c1csc(COc2ccc(F)cc2)n1. The molecule has 0 saturated heterocycles. The van der Waals surface area contributed by atoms with E-state index in [-0.39, 0.29) is 31.1 Å². The van der Waals surface area contributed by atoms with Gasteiger partial charge in [-0.2, -0.15) is 5.26 Å². The summed E-state index contributed by atoms with van der Waals surface area (Å²) in [4.78, 5) is 29.1. The summed E-state index contributed by atoms with van der Waals surface area (Å²) >= 11 is 1.21. The van der Waals surface area contributed by atoms with Crippen LogP contribution >= 0.6 is 11.3 Å². The zero-order valence-corrected chi connectivity index (χ0v) is 14.8. The first kappa shape index (κ1) is 19.3. The first-order valence-corrected chi connectivity index (χ1v) is 8.48. The lowest BCUT2D eigenvalue weighted by molar-refractivity contribution is -0.133. The van der Waals surface area contributed by atoms with Crippen molar-refractivity contribution in [2.24, 2.45) is 0 Å². The van der Waals surface area contributed by atoms with E-state index in [4.69, 9.17) is 14.7 Å². The van der Waals surface area contributed by atoms with Crippen LogP contribution in [0.4, 0.5) is 4.39 Å². The summed E-state index contributed by atoms with van der Waals surface area (Å²) in [6, 6.07) is 7.48. The summed E-state index contributed by atoms with van der Waals surface area (Å²) in [6.45, 7) is -0.0203. The fraction of sp³-hybridized carbons (Fsp3) is 0.294. The van der Waals surface area contributed by atoms with Crippen molar-refractivity contribution in [1.29, 1.82) is 5.26 Å².